The molecule has 5 heteroatoms. The van der Waals surface area contributed by atoms with Gasteiger partial charge in [0, 0.05) is 19.0 Å². The van der Waals surface area contributed by atoms with Crippen LogP contribution in [0.3, 0.4) is 0 Å². The Kier molecular flexibility index (Phi) is 2.97. The van der Waals surface area contributed by atoms with Crippen LogP contribution in [-0.4, -0.2) is 36.1 Å². The number of carbonyl (C=O) groups excluding carboxylic acids is 2. The summed E-state index contributed by atoms with van der Waals surface area (Å²) in [5.74, 6) is -1.46. The van der Waals surface area contributed by atoms with Crippen molar-refractivity contribution in [3.05, 3.63) is 29.8 Å². The number of hydrogen-bond donors (Lipinski definition) is 1. The quantitative estimate of drug-likeness (QED) is 0.844. The Hall–Kier alpha value is -1.72. The third-order valence-electron chi connectivity index (χ3n) is 4.44. The molecule has 1 amide bonds. The topological polar surface area (TPSA) is 66.8 Å². The number of ether oxygens (including phenoxy) is 1. The molecule has 1 aromatic rings. The van der Waals surface area contributed by atoms with Crippen LogP contribution in [0.5, 0.6) is 0 Å². The zero-order valence-corrected chi connectivity index (χ0v) is 12.4. The number of benzene rings is 1. The fourth-order valence-electron chi connectivity index (χ4n) is 3.25. The Labute approximate surface area is 123 Å². The summed E-state index contributed by atoms with van der Waals surface area (Å²) in [6.45, 7) is 3.72. The van der Waals surface area contributed by atoms with E-state index in [0.29, 0.717) is 11.3 Å². The van der Waals surface area contributed by atoms with Crippen molar-refractivity contribution in [2.24, 2.45) is 5.92 Å². The van der Waals surface area contributed by atoms with E-state index in [1.807, 2.05) is 13.8 Å². The Morgan fingerprint density at radius 1 is 1.29 bits per heavy atom. The molecule has 2 atom stereocenters. The van der Waals surface area contributed by atoms with E-state index in [2.05, 4.69) is 0 Å². The molecule has 112 valence electrons. The van der Waals surface area contributed by atoms with Gasteiger partial charge in [-0.05, 0) is 19.9 Å². The number of aliphatic hydroxyl groups is 1. The molecule has 0 spiro atoms. The van der Waals surface area contributed by atoms with Gasteiger partial charge in [-0.15, -0.1) is 0 Å². The smallest absolute Gasteiger partial charge is 0.264 e. The first-order valence-corrected chi connectivity index (χ1v) is 7.04. The van der Waals surface area contributed by atoms with E-state index in [1.54, 1.807) is 31.3 Å². The molecule has 2 heterocycles. The van der Waals surface area contributed by atoms with E-state index >= 15 is 0 Å². The Morgan fingerprint density at radius 3 is 2.62 bits per heavy atom. The maximum absolute atomic E-state index is 12.6. The van der Waals surface area contributed by atoms with Crippen LogP contribution in [0.15, 0.2) is 24.3 Å². The average molecular weight is 289 g/mol. The predicted octanol–water partition coefficient (Wildman–Crippen LogP) is 1.23. The number of ketones is 1. The largest absolute Gasteiger partial charge is 0.375 e. The fourth-order valence-corrected chi connectivity index (χ4v) is 3.25. The van der Waals surface area contributed by atoms with E-state index in [1.165, 1.54) is 4.90 Å². The van der Waals surface area contributed by atoms with Crippen LogP contribution < -0.4 is 4.90 Å². The zero-order chi connectivity index (χ0) is 15.4. The van der Waals surface area contributed by atoms with Gasteiger partial charge in [0.05, 0.1) is 23.8 Å². The number of carbonyl (C=O) groups is 2. The molecule has 1 saturated heterocycles. The lowest BCUT2D eigenvalue weighted by Gasteiger charge is -2.39. The number of amides is 1. The van der Waals surface area contributed by atoms with Crippen LogP contribution in [0, 0.1) is 5.92 Å². The molecule has 2 aliphatic rings. The van der Waals surface area contributed by atoms with Gasteiger partial charge in [0.15, 0.2) is 5.60 Å². The van der Waals surface area contributed by atoms with E-state index in [4.69, 9.17) is 4.74 Å². The summed E-state index contributed by atoms with van der Waals surface area (Å²) in [5, 5.41) is 11.1. The van der Waals surface area contributed by atoms with Crippen LogP contribution in [0.4, 0.5) is 5.69 Å². The number of nitrogens with zero attached hydrogens (tertiary/aromatic N) is 1. The summed E-state index contributed by atoms with van der Waals surface area (Å²) in [6.07, 6.45) is 0.194. The van der Waals surface area contributed by atoms with Gasteiger partial charge in [-0.1, -0.05) is 18.2 Å². The molecular weight excluding hydrogens is 270 g/mol. The molecule has 0 aromatic heterocycles. The molecule has 5 nitrogen and oxygen atoms in total. The highest BCUT2D eigenvalue weighted by Gasteiger charge is 2.57. The van der Waals surface area contributed by atoms with Gasteiger partial charge in [-0.2, -0.15) is 0 Å². The molecule has 0 radical (unpaired) electrons. The summed E-state index contributed by atoms with van der Waals surface area (Å²) in [4.78, 5) is 26.4. The third kappa shape index (κ3) is 1.92. The van der Waals surface area contributed by atoms with Crippen molar-refractivity contribution in [2.75, 3.05) is 18.6 Å². The molecule has 1 N–H and O–H groups in total. The van der Waals surface area contributed by atoms with Crippen molar-refractivity contribution < 1.29 is 19.4 Å². The van der Waals surface area contributed by atoms with Crippen LogP contribution in [0.2, 0.25) is 0 Å². The Balaban J connectivity index is 2.05. The number of Topliss-reactive ketones (excluding diaryl/α,β-unsaturated/α-hetero) is 1. The average Bonchev–Trinajstić information content (AvgIpc) is 2.61. The molecular formula is C16H19NO4. The van der Waals surface area contributed by atoms with E-state index in [0.717, 1.165) is 0 Å². The van der Waals surface area contributed by atoms with Crippen molar-refractivity contribution in [3.63, 3.8) is 0 Å². The third-order valence-corrected chi connectivity index (χ3v) is 4.44. The fraction of sp³-hybridized carbons (Fsp3) is 0.500. The van der Waals surface area contributed by atoms with Crippen molar-refractivity contribution in [1.29, 1.82) is 0 Å². The van der Waals surface area contributed by atoms with Crippen molar-refractivity contribution in [3.8, 4) is 0 Å². The van der Waals surface area contributed by atoms with Gasteiger partial charge in [-0.25, -0.2) is 0 Å². The maximum atomic E-state index is 12.6. The highest BCUT2D eigenvalue weighted by molar-refractivity contribution is 6.09. The van der Waals surface area contributed by atoms with Gasteiger partial charge in [0.25, 0.3) is 5.91 Å². The number of hydrogen-bond acceptors (Lipinski definition) is 4. The SMILES string of the molecule is CN1C(=O)[C@@](O)([C@H]2COC(C)(C)CC2=O)c2ccccc21. The van der Waals surface area contributed by atoms with Gasteiger partial charge in [0.1, 0.15) is 5.78 Å². The molecule has 21 heavy (non-hydrogen) atoms. The first-order chi connectivity index (χ1) is 9.77. The van der Waals surface area contributed by atoms with Crippen LogP contribution in [-0.2, 0) is 19.9 Å². The van der Waals surface area contributed by atoms with E-state index in [-0.39, 0.29) is 18.8 Å². The molecule has 0 bridgehead atoms. The number of rotatable bonds is 1. The van der Waals surface area contributed by atoms with Gasteiger partial charge < -0.3 is 14.7 Å². The Morgan fingerprint density at radius 2 is 1.95 bits per heavy atom. The number of anilines is 1. The summed E-state index contributed by atoms with van der Waals surface area (Å²) in [6, 6.07) is 7.03. The van der Waals surface area contributed by atoms with Crippen molar-refractivity contribution in [1.82, 2.24) is 0 Å². The van der Waals surface area contributed by atoms with E-state index < -0.39 is 23.0 Å². The standard InChI is InChI=1S/C16H19NO4/c1-15(2)8-13(18)11(9-21-15)16(20)10-6-4-5-7-12(10)17(3)14(16)19/h4-7,11,20H,8-9H2,1-3H3/t11-,16-/m0/s1. The lowest BCUT2D eigenvalue weighted by atomic mass is 9.76. The minimum Gasteiger partial charge on any atom is -0.375 e. The highest BCUT2D eigenvalue weighted by Crippen LogP contribution is 2.46. The number of fused-ring (bicyclic) bond motifs is 1. The van der Waals surface area contributed by atoms with Crippen molar-refractivity contribution >= 4 is 17.4 Å². The normalized spacial score (nSPS) is 31.4. The van der Waals surface area contributed by atoms with Gasteiger partial charge in [-0.3, -0.25) is 9.59 Å². The van der Waals surface area contributed by atoms with Gasteiger partial charge >= 0.3 is 0 Å². The Bertz CT molecular complexity index is 624. The molecule has 1 aromatic carbocycles. The van der Waals surface area contributed by atoms with Crippen LogP contribution in [0.1, 0.15) is 25.8 Å². The van der Waals surface area contributed by atoms with E-state index in [9.17, 15) is 14.7 Å². The monoisotopic (exact) mass is 289 g/mol. The first kappa shape index (κ1) is 14.2. The lowest BCUT2D eigenvalue weighted by molar-refractivity contribution is -0.172. The van der Waals surface area contributed by atoms with Crippen molar-refractivity contribution in [2.45, 2.75) is 31.5 Å². The van der Waals surface area contributed by atoms with Crippen LogP contribution in [0.25, 0.3) is 0 Å². The number of likely N-dealkylation sites (N-methyl/N-ethyl adjacent to an activating group) is 1. The zero-order valence-electron chi connectivity index (χ0n) is 12.4. The predicted molar refractivity (Wildman–Crippen MR) is 76.9 cm³/mol. The molecule has 3 rings (SSSR count). The van der Waals surface area contributed by atoms with Crippen LogP contribution >= 0.6 is 0 Å². The molecule has 0 unspecified atom stereocenters. The second kappa shape index (κ2) is 4.39. The second-order valence-electron chi connectivity index (χ2n) is 6.41. The minimum absolute atomic E-state index is 0.0518. The summed E-state index contributed by atoms with van der Waals surface area (Å²) < 4.78 is 5.67. The van der Waals surface area contributed by atoms with Gasteiger partial charge in [0.2, 0.25) is 0 Å². The molecule has 2 aliphatic heterocycles. The molecule has 0 saturated carbocycles. The maximum Gasteiger partial charge on any atom is 0.264 e. The summed E-state index contributed by atoms with van der Waals surface area (Å²) in [7, 11) is 1.61. The number of para-hydroxylation sites is 1. The molecule has 0 aliphatic carbocycles. The first-order valence-electron chi connectivity index (χ1n) is 7.04. The summed E-state index contributed by atoms with van der Waals surface area (Å²) >= 11 is 0. The minimum atomic E-state index is -1.82. The lowest BCUT2D eigenvalue weighted by Crippen LogP contribution is -2.54. The summed E-state index contributed by atoms with van der Waals surface area (Å²) in [5.41, 5.74) is -1.24. The highest BCUT2D eigenvalue weighted by atomic mass is 16.5. The molecule has 1 fully saturated rings. The second-order valence-corrected chi connectivity index (χ2v) is 6.41.